The van der Waals surface area contributed by atoms with E-state index < -0.39 is 0 Å². The van der Waals surface area contributed by atoms with Gasteiger partial charge in [0.25, 0.3) is 5.69 Å². The first-order valence-electron chi connectivity index (χ1n) is 7.73. The summed E-state index contributed by atoms with van der Waals surface area (Å²) in [5.41, 5.74) is 2.30. The van der Waals surface area contributed by atoms with Gasteiger partial charge in [-0.25, -0.2) is 0 Å². The van der Waals surface area contributed by atoms with E-state index in [2.05, 4.69) is 24.1 Å². The minimum atomic E-state index is -0.305. The number of nitrogens with zero attached hydrogens (tertiary/aromatic N) is 2. The Morgan fingerprint density at radius 1 is 1.38 bits per heavy atom. The van der Waals surface area contributed by atoms with Crippen molar-refractivity contribution in [2.45, 2.75) is 59.5 Å². The van der Waals surface area contributed by atoms with Gasteiger partial charge in [0.15, 0.2) is 0 Å². The molecule has 0 spiro atoms. The summed E-state index contributed by atoms with van der Waals surface area (Å²) in [6.45, 7) is 8.73. The molecule has 0 bridgehead atoms. The van der Waals surface area contributed by atoms with Crippen molar-refractivity contribution < 1.29 is 4.92 Å². The molecule has 0 saturated heterocycles. The SMILES string of the molecule is Cc1cnc(CNC2CCC(C)CC2C)c(C)c1[N+](=O)[O-]. The van der Waals surface area contributed by atoms with Gasteiger partial charge in [-0.15, -0.1) is 0 Å². The zero-order chi connectivity index (χ0) is 15.6. The van der Waals surface area contributed by atoms with Crippen molar-refractivity contribution in [2.75, 3.05) is 0 Å². The number of aromatic nitrogens is 1. The van der Waals surface area contributed by atoms with Gasteiger partial charge in [0.1, 0.15) is 0 Å². The van der Waals surface area contributed by atoms with Crippen LogP contribution in [0.4, 0.5) is 5.69 Å². The van der Waals surface area contributed by atoms with Crippen molar-refractivity contribution in [1.82, 2.24) is 10.3 Å². The maximum atomic E-state index is 11.1. The fraction of sp³-hybridized carbons (Fsp3) is 0.688. The highest BCUT2D eigenvalue weighted by molar-refractivity contribution is 5.47. The van der Waals surface area contributed by atoms with E-state index >= 15 is 0 Å². The lowest BCUT2D eigenvalue weighted by molar-refractivity contribution is -0.386. The van der Waals surface area contributed by atoms with Gasteiger partial charge in [0, 0.05) is 29.9 Å². The van der Waals surface area contributed by atoms with E-state index in [0.717, 1.165) is 11.6 Å². The van der Waals surface area contributed by atoms with Crippen LogP contribution in [0.15, 0.2) is 6.20 Å². The summed E-state index contributed by atoms with van der Waals surface area (Å²) in [4.78, 5) is 15.2. The zero-order valence-electron chi connectivity index (χ0n) is 13.3. The molecule has 5 nitrogen and oxygen atoms in total. The first-order chi connectivity index (χ1) is 9.90. The predicted octanol–water partition coefficient (Wildman–Crippen LogP) is 3.52. The second-order valence-electron chi connectivity index (χ2n) is 6.50. The molecule has 1 aliphatic carbocycles. The smallest absolute Gasteiger partial charge is 0.278 e. The molecule has 3 unspecified atom stereocenters. The molecule has 2 rings (SSSR count). The van der Waals surface area contributed by atoms with E-state index in [-0.39, 0.29) is 10.6 Å². The molecular weight excluding hydrogens is 266 g/mol. The average molecular weight is 291 g/mol. The largest absolute Gasteiger partial charge is 0.308 e. The Morgan fingerprint density at radius 2 is 2.10 bits per heavy atom. The summed E-state index contributed by atoms with van der Waals surface area (Å²) in [6, 6.07) is 0.489. The number of rotatable bonds is 4. The van der Waals surface area contributed by atoms with Gasteiger partial charge in [-0.2, -0.15) is 0 Å². The molecule has 1 fully saturated rings. The molecule has 3 atom stereocenters. The van der Waals surface area contributed by atoms with Gasteiger partial charge in [-0.1, -0.05) is 13.8 Å². The minimum absolute atomic E-state index is 0.201. The molecule has 1 aromatic rings. The summed E-state index contributed by atoms with van der Waals surface area (Å²) in [5.74, 6) is 1.45. The molecule has 1 saturated carbocycles. The van der Waals surface area contributed by atoms with E-state index in [0.29, 0.717) is 29.6 Å². The lowest BCUT2D eigenvalue weighted by Gasteiger charge is -2.33. The summed E-state index contributed by atoms with van der Waals surface area (Å²) >= 11 is 0. The van der Waals surface area contributed by atoms with Crippen molar-refractivity contribution in [2.24, 2.45) is 11.8 Å². The Hall–Kier alpha value is -1.49. The van der Waals surface area contributed by atoms with E-state index in [1.54, 1.807) is 20.0 Å². The highest BCUT2D eigenvalue weighted by Crippen LogP contribution is 2.29. The normalized spacial score (nSPS) is 25.8. The van der Waals surface area contributed by atoms with Crippen LogP contribution in [0.5, 0.6) is 0 Å². The van der Waals surface area contributed by atoms with E-state index in [9.17, 15) is 10.1 Å². The molecule has 0 amide bonds. The van der Waals surface area contributed by atoms with Crippen molar-refractivity contribution in [1.29, 1.82) is 0 Å². The van der Waals surface area contributed by atoms with Gasteiger partial charge in [0.2, 0.25) is 0 Å². The predicted molar refractivity (Wildman–Crippen MR) is 83.2 cm³/mol. The second-order valence-corrected chi connectivity index (χ2v) is 6.50. The Labute approximate surface area is 126 Å². The topological polar surface area (TPSA) is 68.1 Å². The van der Waals surface area contributed by atoms with Crippen LogP contribution in [0.3, 0.4) is 0 Å². The monoisotopic (exact) mass is 291 g/mol. The minimum Gasteiger partial charge on any atom is -0.308 e. The number of pyridine rings is 1. The summed E-state index contributed by atoms with van der Waals surface area (Å²) in [6.07, 6.45) is 5.28. The van der Waals surface area contributed by atoms with E-state index in [1.807, 2.05) is 0 Å². The van der Waals surface area contributed by atoms with Gasteiger partial charge in [0.05, 0.1) is 10.6 Å². The lowest BCUT2D eigenvalue weighted by Crippen LogP contribution is -2.38. The van der Waals surface area contributed by atoms with Crippen LogP contribution in [0.2, 0.25) is 0 Å². The number of nitro groups is 1. The van der Waals surface area contributed by atoms with Crippen molar-refractivity contribution in [3.8, 4) is 0 Å². The molecule has 116 valence electrons. The Balaban J connectivity index is 2.07. The molecule has 0 aliphatic heterocycles. The third-order valence-electron chi connectivity index (χ3n) is 4.72. The van der Waals surface area contributed by atoms with Crippen molar-refractivity contribution in [3.63, 3.8) is 0 Å². The Morgan fingerprint density at radius 3 is 2.71 bits per heavy atom. The van der Waals surface area contributed by atoms with Gasteiger partial charge in [-0.3, -0.25) is 15.1 Å². The molecular formula is C16H25N3O2. The van der Waals surface area contributed by atoms with Crippen molar-refractivity contribution in [3.05, 3.63) is 33.1 Å². The summed E-state index contributed by atoms with van der Waals surface area (Å²) < 4.78 is 0. The van der Waals surface area contributed by atoms with Crippen LogP contribution < -0.4 is 5.32 Å². The van der Waals surface area contributed by atoms with Gasteiger partial charge in [-0.05, 0) is 44.9 Å². The first kappa shape index (κ1) is 15.9. The Bertz CT molecular complexity index is 530. The van der Waals surface area contributed by atoms with Gasteiger partial charge >= 0.3 is 0 Å². The van der Waals surface area contributed by atoms with Crippen LogP contribution in [0.1, 0.15) is 49.9 Å². The highest BCUT2D eigenvalue weighted by atomic mass is 16.6. The molecule has 1 aromatic heterocycles. The highest BCUT2D eigenvalue weighted by Gasteiger charge is 2.25. The molecule has 1 heterocycles. The lowest BCUT2D eigenvalue weighted by atomic mass is 9.80. The average Bonchev–Trinajstić information content (AvgIpc) is 2.39. The van der Waals surface area contributed by atoms with Crippen LogP contribution >= 0.6 is 0 Å². The van der Waals surface area contributed by atoms with Crippen molar-refractivity contribution >= 4 is 5.69 Å². The molecule has 0 aromatic carbocycles. The molecule has 1 aliphatic rings. The Kier molecular flexibility index (Phi) is 4.93. The summed E-state index contributed by atoms with van der Waals surface area (Å²) in [7, 11) is 0. The van der Waals surface area contributed by atoms with Crippen LogP contribution in [-0.2, 0) is 6.54 Å². The molecule has 21 heavy (non-hydrogen) atoms. The third-order valence-corrected chi connectivity index (χ3v) is 4.72. The fourth-order valence-corrected chi connectivity index (χ4v) is 3.42. The third kappa shape index (κ3) is 3.59. The second kappa shape index (κ2) is 6.52. The van der Waals surface area contributed by atoms with Gasteiger partial charge < -0.3 is 5.32 Å². The molecule has 0 radical (unpaired) electrons. The van der Waals surface area contributed by atoms with E-state index in [4.69, 9.17) is 0 Å². The number of aryl methyl sites for hydroxylation is 1. The quantitative estimate of drug-likeness (QED) is 0.680. The first-order valence-corrected chi connectivity index (χ1v) is 7.73. The number of hydrogen-bond donors (Lipinski definition) is 1. The maximum Gasteiger partial charge on any atom is 0.278 e. The number of hydrogen-bond acceptors (Lipinski definition) is 4. The van der Waals surface area contributed by atoms with Crippen LogP contribution in [-0.4, -0.2) is 15.9 Å². The van der Waals surface area contributed by atoms with Crippen LogP contribution in [0.25, 0.3) is 0 Å². The molecule has 5 heteroatoms. The van der Waals surface area contributed by atoms with E-state index in [1.165, 1.54) is 19.3 Å². The standard InChI is InChI=1S/C16H25N3O2/c1-10-5-6-14(11(2)7-10)18-9-15-13(4)16(19(20)21)12(3)8-17-15/h8,10-11,14,18H,5-7,9H2,1-4H3. The zero-order valence-corrected chi connectivity index (χ0v) is 13.3. The number of nitrogens with one attached hydrogen (secondary N) is 1. The van der Waals surface area contributed by atoms with Crippen LogP contribution in [0, 0.1) is 35.8 Å². The summed E-state index contributed by atoms with van der Waals surface area (Å²) in [5, 5.41) is 14.7. The fourth-order valence-electron chi connectivity index (χ4n) is 3.42. The maximum absolute atomic E-state index is 11.1. The molecule has 1 N–H and O–H groups in total.